The molecular weight excluding hydrogens is 236 g/mol. The van der Waals surface area contributed by atoms with Crippen LogP contribution in [-0.4, -0.2) is 12.9 Å². The highest BCUT2D eigenvalue weighted by Crippen LogP contribution is 2.29. The van der Waals surface area contributed by atoms with Crippen LogP contribution < -0.4 is 4.74 Å². The normalized spacial score (nSPS) is 15.4. The standard InChI is InChI=1S/C14H17ClO2/c15-13-6-7-14(12(9-13)5-2-8-16)17-10-11-3-1-4-11/h6-9,11H,1-5,10H2. The Kier molecular flexibility index (Phi) is 4.43. The summed E-state index contributed by atoms with van der Waals surface area (Å²) in [7, 11) is 0. The zero-order valence-corrected chi connectivity index (χ0v) is 10.6. The van der Waals surface area contributed by atoms with Gasteiger partial charge in [-0.25, -0.2) is 0 Å². The van der Waals surface area contributed by atoms with Crippen LogP contribution in [0.4, 0.5) is 0 Å². The summed E-state index contributed by atoms with van der Waals surface area (Å²) < 4.78 is 5.82. The smallest absolute Gasteiger partial charge is 0.122 e. The molecule has 0 saturated heterocycles. The predicted octanol–water partition coefficient (Wildman–Crippen LogP) is 3.65. The van der Waals surface area contributed by atoms with Gasteiger partial charge in [-0.3, -0.25) is 0 Å². The molecular formula is C14H17ClO2. The molecule has 0 N–H and O–H groups in total. The van der Waals surface area contributed by atoms with Crippen molar-refractivity contribution in [1.29, 1.82) is 0 Å². The molecule has 2 rings (SSSR count). The Hall–Kier alpha value is -1.02. The van der Waals surface area contributed by atoms with Gasteiger partial charge in [-0.2, -0.15) is 0 Å². The van der Waals surface area contributed by atoms with Crippen LogP contribution in [0.25, 0.3) is 0 Å². The molecule has 0 spiro atoms. The van der Waals surface area contributed by atoms with Crippen LogP contribution in [0.5, 0.6) is 5.75 Å². The van der Waals surface area contributed by atoms with Gasteiger partial charge in [0.25, 0.3) is 0 Å². The molecule has 3 heteroatoms. The van der Waals surface area contributed by atoms with Crippen LogP contribution in [-0.2, 0) is 11.2 Å². The van der Waals surface area contributed by atoms with Crippen molar-refractivity contribution in [1.82, 2.24) is 0 Å². The zero-order chi connectivity index (χ0) is 12.1. The molecule has 2 nitrogen and oxygen atoms in total. The van der Waals surface area contributed by atoms with E-state index in [9.17, 15) is 4.79 Å². The predicted molar refractivity (Wildman–Crippen MR) is 68.7 cm³/mol. The van der Waals surface area contributed by atoms with E-state index in [-0.39, 0.29) is 0 Å². The Balaban J connectivity index is 1.99. The number of hydrogen-bond donors (Lipinski definition) is 0. The third-order valence-corrected chi connectivity index (χ3v) is 3.49. The van der Waals surface area contributed by atoms with E-state index in [4.69, 9.17) is 16.3 Å². The number of hydrogen-bond acceptors (Lipinski definition) is 2. The Labute approximate surface area is 107 Å². The Morgan fingerprint density at radius 2 is 2.24 bits per heavy atom. The van der Waals surface area contributed by atoms with Gasteiger partial charge in [0, 0.05) is 11.4 Å². The maximum atomic E-state index is 10.4. The zero-order valence-electron chi connectivity index (χ0n) is 9.82. The number of benzene rings is 1. The summed E-state index contributed by atoms with van der Waals surface area (Å²) in [6, 6.07) is 5.63. The first-order valence-corrected chi connectivity index (χ1v) is 6.52. The highest BCUT2D eigenvalue weighted by molar-refractivity contribution is 6.30. The van der Waals surface area contributed by atoms with E-state index in [1.54, 1.807) is 0 Å². The summed E-state index contributed by atoms with van der Waals surface area (Å²) in [5, 5.41) is 0.696. The third-order valence-electron chi connectivity index (χ3n) is 3.25. The van der Waals surface area contributed by atoms with Gasteiger partial charge in [-0.1, -0.05) is 18.0 Å². The van der Waals surface area contributed by atoms with Crippen molar-refractivity contribution in [3.05, 3.63) is 28.8 Å². The minimum Gasteiger partial charge on any atom is -0.493 e. The van der Waals surface area contributed by atoms with Crippen LogP contribution in [0.1, 0.15) is 31.2 Å². The first-order valence-electron chi connectivity index (χ1n) is 6.14. The molecule has 1 aliphatic carbocycles. The van der Waals surface area contributed by atoms with Gasteiger partial charge in [-0.15, -0.1) is 0 Å². The summed E-state index contributed by atoms with van der Waals surface area (Å²) >= 11 is 5.95. The minimum absolute atomic E-state index is 0.514. The quantitative estimate of drug-likeness (QED) is 0.723. The van der Waals surface area contributed by atoms with Crippen molar-refractivity contribution in [2.75, 3.05) is 6.61 Å². The molecule has 0 aliphatic heterocycles. The van der Waals surface area contributed by atoms with Crippen LogP contribution in [0.3, 0.4) is 0 Å². The average molecular weight is 253 g/mol. The highest BCUT2D eigenvalue weighted by Gasteiger charge is 2.18. The number of aldehydes is 1. The fourth-order valence-corrected chi connectivity index (χ4v) is 2.16. The lowest BCUT2D eigenvalue weighted by atomic mass is 9.86. The van der Waals surface area contributed by atoms with Crippen molar-refractivity contribution in [3.8, 4) is 5.75 Å². The summed E-state index contributed by atoms with van der Waals surface area (Å²) in [6.07, 6.45) is 6.02. The molecule has 17 heavy (non-hydrogen) atoms. The van der Waals surface area contributed by atoms with Gasteiger partial charge >= 0.3 is 0 Å². The van der Waals surface area contributed by atoms with Crippen molar-refractivity contribution in [2.45, 2.75) is 32.1 Å². The third kappa shape index (κ3) is 3.47. The SMILES string of the molecule is O=CCCc1cc(Cl)ccc1OCC1CCC1. The summed E-state index contributed by atoms with van der Waals surface area (Å²) in [6.45, 7) is 0.787. The first kappa shape index (κ1) is 12.4. The fraction of sp³-hybridized carbons (Fsp3) is 0.500. The fourth-order valence-electron chi connectivity index (χ4n) is 1.97. The molecule has 0 aromatic heterocycles. The van der Waals surface area contributed by atoms with Crippen LogP contribution >= 0.6 is 11.6 Å². The lowest BCUT2D eigenvalue weighted by Crippen LogP contribution is -2.19. The minimum atomic E-state index is 0.514. The monoisotopic (exact) mass is 252 g/mol. The molecule has 1 fully saturated rings. The topological polar surface area (TPSA) is 26.3 Å². The van der Waals surface area contributed by atoms with Gasteiger partial charge in [0.15, 0.2) is 0 Å². The summed E-state index contributed by atoms with van der Waals surface area (Å²) in [5.41, 5.74) is 1.03. The Morgan fingerprint density at radius 3 is 2.88 bits per heavy atom. The van der Waals surface area contributed by atoms with Crippen molar-refractivity contribution in [2.24, 2.45) is 5.92 Å². The number of carbonyl (C=O) groups is 1. The number of halogens is 1. The molecule has 0 bridgehead atoms. The second-order valence-electron chi connectivity index (χ2n) is 4.57. The van der Waals surface area contributed by atoms with Crippen molar-refractivity contribution in [3.63, 3.8) is 0 Å². The Bertz CT molecular complexity index is 386. The van der Waals surface area contributed by atoms with Crippen molar-refractivity contribution >= 4 is 17.9 Å². The molecule has 1 aromatic carbocycles. The van der Waals surface area contributed by atoms with Crippen molar-refractivity contribution < 1.29 is 9.53 Å². The van der Waals surface area contributed by atoms with Gasteiger partial charge < -0.3 is 9.53 Å². The molecule has 1 saturated carbocycles. The van der Waals surface area contributed by atoms with E-state index in [0.717, 1.165) is 24.2 Å². The Morgan fingerprint density at radius 1 is 1.41 bits per heavy atom. The molecule has 1 aromatic rings. The average Bonchev–Trinajstić information content (AvgIpc) is 2.26. The van der Waals surface area contributed by atoms with Gasteiger partial charge in [0.2, 0.25) is 0 Å². The van der Waals surface area contributed by atoms with Gasteiger partial charge in [0.1, 0.15) is 12.0 Å². The summed E-state index contributed by atoms with van der Waals surface area (Å²) in [4.78, 5) is 10.4. The van der Waals surface area contributed by atoms with Crippen LogP contribution in [0.2, 0.25) is 5.02 Å². The van der Waals surface area contributed by atoms with E-state index in [2.05, 4.69) is 0 Å². The van der Waals surface area contributed by atoms with E-state index >= 15 is 0 Å². The molecule has 1 aliphatic rings. The molecule has 0 heterocycles. The molecule has 0 unspecified atom stereocenters. The number of aryl methyl sites for hydroxylation is 1. The maximum absolute atomic E-state index is 10.4. The lowest BCUT2D eigenvalue weighted by molar-refractivity contribution is -0.107. The first-order chi connectivity index (χ1) is 8.29. The molecule has 0 atom stereocenters. The van der Waals surface area contributed by atoms with E-state index in [1.165, 1.54) is 19.3 Å². The maximum Gasteiger partial charge on any atom is 0.122 e. The second kappa shape index (κ2) is 6.06. The molecule has 0 radical (unpaired) electrons. The van der Waals surface area contributed by atoms with E-state index in [0.29, 0.717) is 23.8 Å². The second-order valence-corrected chi connectivity index (χ2v) is 5.00. The van der Waals surface area contributed by atoms with E-state index in [1.807, 2.05) is 18.2 Å². The van der Waals surface area contributed by atoms with E-state index < -0.39 is 0 Å². The number of carbonyl (C=O) groups excluding carboxylic acids is 1. The molecule has 92 valence electrons. The van der Waals surface area contributed by atoms with Gasteiger partial charge in [-0.05, 0) is 48.9 Å². The number of rotatable bonds is 6. The van der Waals surface area contributed by atoms with Crippen LogP contribution in [0.15, 0.2) is 18.2 Å². The van der Waals surface area contributed by atoms with Crippen LogP contribution in [0, 0.1) is 5.92 Å². The highest BCUT2D eigenvalue weighted by atomic mass is 35.5. The lowest BCUT2D eigenvalue weighted by Gasteiger charge is -2.25. The largest absolute Gasteiger partial charge is 0.493 e. The molecule has 0 amide bonds. The van der Waals surface area contributed by atoms with Gasteiger partial charge in [0.05, 0.1) is 6.61 Å². The summed E-state index contributed by atoms with van der Waals surface area (Å²) in [5.74, 6) is 1.59. The number of ether oxygens (including phenoxy) is 1.